The van der Waals surface area contributed by atoms with Crippen molar-refractivity contribution < 1.29 is 9.53 Å². The summed E-state index contributed by atoms with van der Waals surface area (Å²) in [5, 5.41) is 11.8. The summed E-state index contributed by atoms with van der Waals surface area (Å²) in [6.07, 6.45) is 5.42. The van der Waals surface area contributed by atoms with Crippen molar-refractivity contribution in [3.05, 3.63) is 42.9 Å². The lowest BCUT2D eigenvalue weighted by Gasteiger charge is -2.32. The van der Waals surface area contributed by atoms with Gasteiger partial charge < -0.3 is 10.1 Å². The van der Waals surface area contributed by atoms with Gasteiger partial charge in [0.25, 0.3) is 0 Å². The van der Waals surface area contributed by atoms with Crippen LogP contribution in [-0.2, 0) is 9.53 Å². The molecule has 1 unspecified atom stereocenters. The van der Waals surface area contributed by atoms with Gasteiger partial charge in [-0.1, -0.05) is 12.1 Å². The average Bonchev–Trinajstić information content (AvgIpc) is 3.18. The minimum atomic E-state index is -0.0587. The van der Waals surface area contributed by atoms with E-state index >= 15 is 0 Å². The van der Waals surface area contributed by atoms with Gasteiger partial charge in [-0.15, -0.1) is 0 Å². The van der Waals surface area contributed by atoms with Crippen molar-refractivity contribution >= 4 is 22.5 Å². The average molecular weight is 351 g/mol. The van der Waals surface area contributed by atoms with Crippen molar-refractivity contribution in [3.8, 4) is 11.1 Å². The van der Waals surface area contributed by atoms with Crippen LogP contribution in [0.4, 0.5) is 5.82 Å². The fourth-order valence-corrected chi connectivity index (χ4v) is 3.16. The van der Waals surface area contributed by atoms with Crippen LogP contribution < -0.4 is 5.32 Å². The van der Waals surface area contributed by atoms with Crippen LogP contribution in [0.1, 0.15) is 6.92 Å². The molecule has 2 aromatic heterocycles. The van der Waals surface area contributed by atoms with Gasteiger partial charge in [0.2, 0.25) is 5.91 Å². The molecule has 1 amide bonds. The van der Waals surface area contributed by atoms with E-state index in [1.54, 1.807) is 12.4 Å². The Morgan fingerprint density at radius 1 is 1.31 bits per heavy atom. The summed E-state index contributed by atoms with van der Waals surface area (Å²) in [6, 6.07) is 8.27. The van der Waals surface area contributed by atoms with Gasteiger partial charge in [-0.25, -0.2) is 4.98 Å². The third kappa shape index (κ3) is 3.58. The number of amides is 1. The van der Waals surface area contributed by atoms with Crippen LogP contribution in [0.3, 0.4) is 0 Å². The van der Waals surface area contributed by atoms with Crippen LogP contribution in [-0.4, -0.2) is 58.3 Å². The monoisotopic (exact) mass is 351 g/mol. The third-order valence-electron chi connectivity index (χ3n) is 4.67. The zero-order chi connectivity index (χ0) is 17.9. The molecule has 2 N–H and O–H groups in total. The molecule has 3 aromatic rings. The van der Waals surface area contributed by atoms with Gasteiger partial charge in [-0.2, -0.15) is 5.10 Å². The Bertz CT molecular complexity index is 909. The highest BCUT2D eigenvalue weighted by molar-refractivity contribution is 5.94. The maximum Gasteiger partial charge on any atom is 0.239 e. The van der Waals surface area contributed by atoms with Crippen molar-refractivity contribution in [1.29, 1.82) is 0 Å². The predicted octanol–water partition coefficient (Wildman–Crippen LogP) is 2.28. The molecule has 26 heavy (non-hydrogen) atoms. The lowest BCUT2D eigenvalue weighted by molar-refractivity contribution is -0.119. The first kappa shape index (κ1) is 16.7. The minimum absolute atomic E-state index is 0.0587. The highest BCUT2D eigenvalue weighted by atomic mass is 16.5. The lowest BCUT2D eigenvalue weighted by Crippen LogP contribution is -2.47. The molecule has 0 aliphatic carbocycles. The zero-order valence-corrected chi connectivity index (χ0v) is 14.6. The number of hydrogen-bond acceptors (Lipinski definition) is 5. The Kier molecular flexibility index (Phi) is 4.64. The van der Waals surface area contributed by atoms with Crippen LogP contribution >= 0.6 is 0 Å². The van der Waals surface area contributed by atoms with E-state index in [0.717, 1.165) is 28.4 Å². The Labute approximate surface area is 151 Å². The van der Waals surface area contributed by atoms with E-state index in [4.69, 9.17) is 4.74 Å². The van der Waals surface area contributed by atoms with Crippen molar-refractivity contribution in [2.75, 3.05) is 31.6 Å². The number of nitrogens with zero attached hydrogens (tertiary/aromatic N) is 3. The molecule has 0 spiro atoms. The van der Waals surface area contributed by atoms with Gasteiger partial charge >= 0.3 is 0 Å². The molecule has 1 aromatic carbocycles. The molecule has 1 atom stereocenters. The Hall–Kier alpha value is -2.77. The fourth-order valence-electron chi connectivity index (χ4n) is 3.16. The number of rotatable bonds is 4. The molecule has 1 fully saturated rings. The number of hydrogen-bond donors (Lipinski definition) is 2. The van der Waals surface area contributed by atoms with E-state index in [0.29, 0.717) is 25.6 Å². The second-order valence-corrected chi connectivity index (χ2v) is 6.56. The second kappa shape index (κ2) is 7.23. The SMILES string of the molecule is CC1COCCN1CC(=O)Nc1cc2cc(-c3cn[nH]c3)ccc2cn1. The molecule has 0 bridgehead atoms. The summed E-state index contributed by atoms with van der Waals surface area (Å²) in [4.78, 5) is 18.8. The van der Waals surface area contributed by atoms with Crippen molar-refractivity contribution in [2.45, 2.75) is 13.0 Å². The topological polar surface area (TPSA) is 83.1 Å². The van der Waals surface area contributed by atoms with Crippen molar-refractivity contribution in [3.63, 3.8) is 0 Å². The van der Waals surface area contributed by atoms with Gasteiger partial charge in [-0.05, 0) is 30.0 Å². The smallest absolute Gasteiger partial charge is 0.239 e. The number of nitrogens with one attached hydrogen (secondary N) is 2. The standard InChI is InChI=1S/C19H21N5O2/c1-13-12-26-5-4-24(13)11-19(25)23-18-7-16-6-14(17-9-21-22-10-17)2-3-15(16)8-20-18/h2-3,6-10,13H,4-5,11-12H2,1H3,(H,21,22)(H,20,23,25). The van der Waals surface area contributed by atoms with Crippen LogP contribution in [0.5, 0.6) is 0 Å². The van der Waals surface area contributed by atoms with E-state index in [1.165, 1.54) is 0 Å². The number of ether oxygens (including phenoxy) is 1. The van der Waals surface area contributed by atoms with E-state index in [9.17, 15) is 4.79 Å². The molecule has 1 aliphatic heterocycles. The summed E-state index contributed by atoms with van der Waals surface area (Å²) in [6.45, 7) is 4.52. The predicted molar refractivity (Wildman–Crippen MR) is 99.8 cm³/mol. The maximum absolute atomic E-state index is 12.4. The highest BCUT2D eigenvalue weighted by Crippen LogP contribution is 2.24. The fraction of sp³-hybridized carbons (Fsp3) is 0.316. The molecular formula is C19H21N5O2. The van der Waals surface area contributed by atoms with Crippen LogP contribution in [0.2, 0.25) is 0 Å². The molecule has 134 valence electrons. The lowest BCUT2D eigenvalue weighted by atomic mass is 10.1. The molecule has 3 heterocycles. The van der Waals surface area contributed by atoms with Crippen LogP contribution in [0.15, 0.2) is 42.9 Å². The first-order valence-corrected chi connectivity index (χ1v) is 8.69. The van der Waals surface area contributed by atoms with E-state index < -0.39 is 0 Å². The number of carbonyl (C=O) groups is 1. The normalized spacial score (nSPS) is 18.1. The summed E-state index contributed by atoms with van der Waals surface area (Å²) in [7, 11) is 0. The molecule has 0 radical (unpaired) electrons. The summed E-state index contributed by atoms with van der Waals surface area (Å²) in [5.74, 6) is 0.504. The van der Waals surface area contributed by atoms with Gasteiger partial charge in [0.1, 0.15) is 5.82 Å². The molecule has 1 aliphatic rings. The Morgan fingerprint density at radius 3 is 3.04 bits per heavy atom. The Morgan fingerprint density at radius 2 is 2.23 bits per heavy atom. The van der Waals surface area contributed by atoms with Crippen molar-refractivity contribution in [2.24, 2.45) is 0 Å². The summed E-state index contributed by atoms with van der Waals surface area (Å²) in [5.41, 5.74) is 2.09. The minimum Gasteiger partial charge on any atom is -0.379 e. The number of H-pyrrole nitrogens is 1. The maximum atomic E-state index is 12.4. The van der Waals surface area contributed by atoms with Gasteiger partial charge in [-0.3, -0.25) is 14.8 Å². The van der Waals surface area contributed by atoms with Gasteiger partial charge in [0, 0.05) is 35.9 Å². The number of pyridine rings is 1. The molecule has 4 rings (SSSR count). The van der Waals surface area contributed by atoms with E-state index in [-0.39, 0.29) is 11.9 Å². The molecular weight excluding hydrogens is 330 g/mol. The number of morpholine rings is 1. The molecule has 0 saturated carbocycles. The van der Waals surface area contributed by atoms with Crippen LogP contribution in [0.25, 0.3) is 21.9 Å². The molecule has 7 nitrogen and oxygen atoms in total. The first-order valence-electron chi connectivity index (χ1n) is 8.69. The van der Waals surface area contributed by atoms with Gasteiger partial charge in [0.15, 0.2) is 0 Å². The van der Waals surface area contributed by atoms with Crippen LogP contribution in [0, 0.1) is 0 Å². The largest absolute Gasteiger partial charge is 0.379 e. The van der Waals surface area contributed by atoms with Gasteiger partial charge in [0.05, 0.1) is 26.0 Å². The van der Waals surface area contributed by atoms with E-state index in [2.05, 4.69) is 38.4 Å². The van der Waals surface area contributed by atoms with E-state index in [1.807, 2.05) is 24.4 Å². The highest BCUT2D eigenvalue weighted by Gasteiger charge is 2.21. The first-order chi connectivity index (χ1) is 12.7. The zero-order valence-electron chi connectivity index (χ0n) is 14.6. The molecule has 7 heteroatoms. The third-order valence-corrected chi connectivity index (χ3v) is 4.67. The number of aromatic nitrogens is 3. The number of anilines is 1. The Balaban J connectivity index is 1.50. The summed E-state index contributed by atoms with van der Waals surface area (Å²) < 4.78 is 5.41. The van der Waals surface area contributed by atoms with Crippen molar-refractivity contribution in [1.82, 2.24) is 20.1 Å². The second-order valence-electron chi connectivity index (χ2n) is 6.56. The molecule has 1 saturated heterocycles. The summed E-state index contributed by atoms with van der Waals surface area (Å²) >= 11 is 0. The number of fused-ring (bicyclic) bond motifs is 1. The number of aromatic amines is 1. The quantitative estimate of drug-likeness (QED) is 0.753. The number of benzene rings is 1. The number of carbonyl (C=O) groups excluding carboxylic acids is 1.